The van der Waals surface area contributed by atoms with E-state index in [1.54, 1.807) is 60.3 Å². The Labute approximate surface area is 228 Å². The van der Waals surface area contributed by atoms with Crippen LogP contribution in [0.25, 0.3) is 0 Å². The van der Waals surface area contributed by atoms with Gasteiger partial charge in [0.1, 0.15) is 18.7 Å². The zero-order valence-electron chi connectivity index (χ0n) is 22.5. The fourth-order valence-corrected chi connectivity index (χ4v) is 3.95. The Morgan fingerprint density at radius 3 is 2.13 bits per heavy atom. The first-order valence-corrected chi connectivity index (χ1v) is 13.0. The lowest BCUT2D eigenvalue weighted by Crippen LogP contribution is -2.47. The van der Waals surface area contributed by atoms with E-state index in [9.17, 15) is 19.2 Å². The summed E-state index contributed by atoms with van der Waals surface area (Å²) in [5.41, 5.74) is 1.69. The molecule has 9 nitrogen and oxygen atoms in total. The number of benzene rings is 2. The van der Waals surface area contributed by atoms with Crippen LogP contribution in [0.3, 0.4) is 0 Å². The van der Waals surface area contributed by atoms with Crippen LogP contribution in [0.4, 0.5) is 5.69 Å². The second-order valence-corrected chi connectivity index (χ2v) is 9.47. The molecule has 1 heterocycles. The summed E-state index contributed by atoms with van der Waals surface area (Å²) < 4.78 is 12.0. The number of carbonyl (C=O) groups is 4. The minimum atomic E-state index is -0.894. The van der Waals surface area contributed by atoms with Crippen LogP contribution in [0, 0.1) is 5.92 Å². The first-order chi connectivity index (χ1) is 18.8. The number of rotatable bonds is 13. The molecule has 0 fully saturated rings. The van der Waals surface area contributed by atoms with Crippen LogP contribution >= 0.6 is 0 Å². The van der Waals surface area contributed by atoms with Gasteiger partial charge in [0.15, 0.2) is 0 Å². The summed E-state index contributed by atoms with van der Waals surface area (Å²) in [6, 6.07) is 17.4. The van der Waals surface area contributed by atoms with Crippen LogP contribution in [-0.4, -0.2) is 41.0 Å². The van der Waals surface area contributed by atoms with Gasteiger partial charge in [-0.3, -0.25) is 14.4 Å². The van der Waals surface area contributed by atoms with Gasteiger partial charge in [0.2, 0.25) is 11.8 Å². The Balaban J connectivity index is 1.68. The lowest BCUT2D eigenvalue weighted by Gasteiger charge is -2.24. The number of nitrogens with zero attached hydrogens (tertiary/aromatic N) is 1. The molecule has 0 saturated heterocycles. The minimum absolute atomic E-state index is 0.104. The van der Waals surface area contributed by atoms with Crippen molar-refractivity contribution in [2.75, 3.05) is 11.9 Å². The third-order valence-electron chi connectivity index (χ3n) is 5.90. The molecule has 0 aliphatic carbocycles. The first-order valence-electron chi connectivity index (χ1n) is 13.0. The summed E-state index contributed by atoms with van der Waals surface area (Å²) in [6.45, 7) is 6.00. The smallest absolute Gasteiger partial charge is 0.338 e. The summed E-state index contributed by atoms with van der Waals surface area (Å²) >= 11 is 0. The topological polar surface area (TPSA) is 116 Å². The van der Waals surface area contributed by atoms with Crippen LogP contribution in [-0.2, 0) is 30.5 Å². The van der Waals surface area contributed by atoms with E-state index in [0.29, 0.717) is 17.7 Å². The van der Waals surface area contributed by atoms with Gasteiger partial charge < -0.3 is 24.7 Å². The van der Waals surface area contributed by atoms with Crippen molar-refractivity contribution in [1.82, 2.24) is 9.88 Å². The highest BCUT2D eigenvalue weighted by Gasteiger charge is 2.29. The average Bonchev–Trinajstić information content (AvgIpc) is 3.45. The molecular weight excluding hydrogens is 498 g/mol. The molecule has 2 aromatic carbocycles. The van der Waals surface area contributed by atoms with Crippen molar-refractivity contribution < 1.29 is 28.7 Å². The monoisotopic (exact) mass is 533 g/mol. The van der Waals surface area contributed by atoms with Crippen molar-refractivity contribution in [3.8, 4) is 0 Å². The number of carbonyl (C=O) groups excluding carboxylic acids is 4. The Bertz CT molecular complexity index is 1220. The van der Waals surface area contributed by atoms with Crippen molar-refractivity contribution in [1.29, 1.82) is 0 Å². The summed E-state index contributed by atoms with van der Waals surface area (Å²) in [5, 5.41) is 5.63. The number of nitrogens with one attached hydrogen (secondary N) is 2. The molecule has 2 atom stereocenters. The Hall–Kier alpha value is -4.40. The van der Waals surface area contributed by atoms with Crippen LogP contribution in [0.5, 0.6) is 0 Å². The van der Waals surface area contributed by atoms with Gasteiger partial charge in [-0.25, -0.2) is 4.79 Å². The van der Waals surface area contributed by atoms with E-state index >= 15 is 0 Å². The Morgan fingerprint density at radius 1 is 0.846 bits per heavy atom. The van der Waals surface area contributed by atoms with Crippen LogP contribution in [0.2, 0.25) is 0 Å². The molecule has 206 valence electrons. The van der Waals surface area contributed by atoms with Crippen molar-refractivity contribution in [3.05, 3.63) is 90.3 Å². The predicted molar refractivity (Wildman–Crippen MR) is 147 cm³/mol. The van der Waals surface area contributed by atoms with Crippen molar-refractivity contribution >= 4 is 29.4 Å². The lowest BCUT2D eigenvalue weighted by molar-refractivity contribution is -0.147. The highest BCUT2D eigenvalue weighted by molar-refractivity contribution is 5.98. The summed E-state index contributed by atoms with van der Waals surface area (Å²) in [5.74, 6) is -1.74. The van der Waals surface area contributed by atoms with E-state index in [2.05, 4.69) is 10.6 Å². The zero-order chi connectivity index (χ0) is 28.2. The molecule has 1 aromatic heterocycles. The SMILES string of the molecule is CCOC(=O)c1ccc(NC(=O)[C@H](CC(C)C)NC(=O)[C@@H](CC(=O)OCc2ccccc2)n2cccc2)cc1. The van der Waals surface area contributed by atoms with Crippen LogP contribution in [0.1, 0.15) is 55.6 Å². The van der Waals surface area contributed by atoms with Gasteiger partial charge >= 0.3 is 11.9 Å². The minimum Gasteiger partial charge on any atom is -0.462 e. The van der Waals surface area contributed by atoms with Gasteiger partial charge in [0.05, 0.1) is 18.6 Å². The van der Waals surface area contributed by atoms with Crippen molar-refractivity contribution in [2.24, 2.45) is 5.92 Å². The fraction of sp³-hybridized carbons (Fsp3) is 0.333. The molecule has 0 radical (unpaired) electrons. The van der Waals surface area contributed by atoms with E-state index in [1.165, 1.54) is 0 Å². The van der Waals surface area contributed by atoms with Gasteiger partial charge in [0, 0.05) is 18.1 Å². The molecule has 39 heavy (non-hydrogen) atoms. The molecule has 0 spiro atoms. The molecule has 2 N–H and O–H groups in total. The Kier molecular flexibility index (Phi) is 10.9. The Morgan fingerprint density at radius 2 is 1.51 bits per heavy atom. The van der Waals surface area contributed by atoms with E-state index in [1.807, 2.05) is 44.2 Å². The second-order valence-electron chi connectivity index (χ2n) is 9.47. The van der Waals surface area contributed by atoms with E-state index in [0.717, 1.165) is 5.56 Å². The van der Waals surface area contributed by atoms with Gasteiger partial charge in [0.25, 0.3) is 0 Å². The zero-order valence-corrected chi connectivity index (χ0v) is 22.5. The maximum atomic E-state index is 13.4. The summed E-state index contributed by atoms with van der Waals surface area (Å²) in [4.78, 5) is 51.1. The van der Waals surface area contributed by atoms with Gasteiger partial charge in [-0.1, -0.05) is 44.2 Å². The quantitative estimate of drug-likeness (QED) is 0.313. The number of aromatic nitrogens is 1. The first kappa shape index (κ1) is 29.2. The molecule has 0 saturated carbocycles. The second kappa shape index (κ2) is 14.5. The molecule has 0 aliphatic rings. The van der Waals surface area contributed by atoms with Gasteiger partial charge in [-0.2, -0.15) is 0 Å². The van der Waals surface area contributed by atoms with Crippen LogP contribution < -0.4 is 10.6 Å². The highest BCUT2D eigenvalue weighted by Crippen LogP contribution is 2.17. The fourth-order valence-electron chi connectivity index (χ4n) is 3.95. The third kappa shape index (κ3) is 9.14. The number of hydrogen-bond donors (Lipinski definition) is 2. The van der Waals surface area contributed by atoms with Gasteiger partial charge in [-0.15, -0.1) is 0 Å². The van der Waals surface area contributed by atoms with E-state index in [-0.39, 0.29) is 25.6 Å². The molecular formula is C30H35N3O6. The maximum absolute atomic E-state index is 13.4. The lowest BCUT2D eigenvalue weighted by atomic mass is 10.0. The molecule has 2 amide bonds. The number of ether oxygens (including phenoxy) is 2. The number of anilines is 1. The van der Waals surface area contributed by atoms with E-state index < -0.39 is 35.8 Å². The third-order valence-corrected chi connectivity index (χ3v) is 5.90. The molecule has 0 aliphatic heterocycles. The molecule has 0 bridgehead atoms. The normalized spacial score (nSPS) is 12.3. The molecule has 9 heteroatoms. The van der Waals surface area contributed by atoms with E-state index in [4.69, 9.17) is 9.47 Å². The average molecular weight is 534 g/mol. The molecule has 3 aromatic rings. The van der Waals surface area contributed by atoms with Crippen molar-refractivity contribution in [2.45, 2.75) is 52.3 Å². The summed E-state index contributed by atoms with van der Waals surface area (Å²) in [6.07, 6.45) is 3.57. The van der Waals surface area contributed by atoms with Crippen molar-refractivity contribution in [3.63, 3.8) is 0 Å². The number of amides is 2. The molecule has 0 unspecified atom stereocenters. The summed E-state index contributed by atoms with van der Waals surface area (Å²) in [7, 11) is 0. The van der Waals surface area contributed by atoms with Gasteiger partial charge in [-0.05, 0) is 61.2 Å². The van der Waals surface area contributed by atoms with Crippen LogP contribution in [0.15, 0.2) is 79.1 Å². The molecule has 3 rings (SSSR count). The largest absolute Gasteiger partial charge is 0.462 e. The predicted octanol–water partition coefficient (Wildman–Crippen LogP) is 4.51. The number of hydrogen-bond acceptors (Lipinski definition) is 6. The highest BCUT2D eigenvalue weighted by atomic mass is 16.5. The number of esters is 2. The maximum Gasteiger partial charge on any atom is 0.338 e. The standard InChI is InChI=1S/C30H35N3O6/c1-4-38-30(37)23-12-14-24(15-13-23)31-28(35)25(18-21(2)3)32-29(36)26(33-16-8-9-17-33)19-27(34)39-20-22-10-6-5-7-11-22/h5-17,21,25-26H,4,18-20H2,1-3H3,(H,31,35)(H,32,36)/t25-,26+/m0/s1.